The minimum atomic E-state index is -4.40. The number of amides is 1. The van der Waals surface area contributed by atoms with E-state index in [0.29, 0.717) is 62.4 Å². The number of nitrogens with zero attached hydrogens (tertiary/aromatic N) is 3. The van der Waals surface area contributed by atoms with E-state index in [0.717, 1.165) is 18.7 Å². The number of rotatable bonds is 4. The summed E-state index contributed by atoms with van der Waals surface area (Å²) in [6, 6.07) is 7.38. The summed E-state index contributed by atoms with van der Waals surface area (Å²) in [5.74, 6) is 1.64. The Morgan fingerprint density at radius 1 is 1.06 bits per heavy atom. The lowest BCUT2D eigenvalue weighted by Crippen LogP contribution is -2.44. The van der Waals surface area contributed by atoms with Crippen LogP contribution in [0.4, 0.5) is 24.7 Å². The SMILES string of the molecule is CC(C(=O)Nc1ccc2c(c1)OCCO2)N1CCCN(c2ccc(C(F)(F)F)cn2)CC1. The molecule has 1 aromatic carbocycles. The second-order valence-electron chi connectivity index (χ2n) is 7.80. The second-order valence-corrected chi connectivity index (χ2v) is 7.80. The molecule has 32 heavy (non-hydrogen) atoms. The third-order valence-electron chi connectivity index (χ3n) is 5.67. The smallest absolute Gasteiger partial charge is 0.417 e. The third kappa shape index (κ3) is 5.07. The fourth-order valence-corrected chi connectivity index (χ4v) is 3.83. The van der Waals surface area contributed by atoms with Gasteiger partial charge in [-0.05, 0) is 37.6 Å². The van der Waals surface area contributed by atoms with Gasteiger partial charge in [-0.25, -0.2) is 4.98 Å². The zero-order valence-electron chi connectivity index (χ0n) is 17.7. The van der Waals surface area contributed by atoms with Crippen LogP contribution in [0.25, 0.3) is 0 Å². The maximum Gasteiger partial charge on any atom is 0.417 e. The van der Waals surface area contributed by atoms with Gasteiger partial charge in [0.2, 0.25) is 5.91 Å². The first-order chi connectivity index (χ1) is 15.3. The van der Waals surface area contributed by atoms with E-state index in [2.05, 4.69) is 15.2 Å². The molecule has 0 aliphatic carbocycles. The summed E-state index contributed by atoms with van der Waals surface area (Å²) < 4.78 is 49.4. The van der Waals surface area contributed by atoms with Crippen LogP contribution in [0.1, 0.15) is 18.9 Å². The number of hydrogen-bond acceptors (Lipinski definition) is 6. The molecule has 1 unspecified atom stereocenters. The minimum absolute atomic E-state index is 0.136. The minimum Gasteiger partial charge on any atom is -0.486 e. The lowest BCUT2D eigenvalue weighted by molar-refractivity contribution is -0.137. The Morgan fingerprint density at radius 2 is 1.84 bits per heavy atom. The molecule has 1 atom stereocenters. The summed E-state index contributed by atoms with van der Waals surface area (Å²) in [7, 11) is 0. The highest BCUT2D eigenvalue weighted by atomic mass is 19.4. The molecule has 1 fully saturated rings. The van der Waals surface area contributed by atoms with E-state index in [4.69, 9.17) is 9.47 Å². The van der Waals surface area contributed by atoms with Crippen LogP contribution < -0.4 is 19.7 Å². The molecule has 0 bridgehead atoms. The Kier molecular flexibility index (Phi) is 6.40. The van der Waals surface area contributed by atoms with Crippen LogP contribution >= 0.6 is 0 Å². The summed E-state index contributed by atoms with van der Waals surface area (Å²) >= 11 is 0. The molecule has 4 rings (SSSR count). The summed E-state index contributed by atoms with van der Waals surface area (Å²) in [5, 5.41) is 2.92. The van der Waals surface area contributed by atoms with Gasteiger partial charge < -0.3 is 19.7 Å². The van der Waals surface area contributed by atoms with Gasteiger partial charge in [0.15, 0.2) is 11.5 Å². The van der Waals surface area contributed by atoms with Crippen molar-refractivity contribution >= 4 is 17.4 Å². The van der Waals surface area contributed by atoms with Crippen molar-refractivity contribution in [3.05, 3.63) is 42.1 Å². The number of ether oxygens (including phenoxy) is 2. The zero-order valence-corrected chi connectivity index (χ0v) is 17.7. The number of pyridine rings is 1. The van der Waals surface area contributed by atoms with Crippen molar-refractivity contribution in [2.24, 2.45) is 0 Å². The van der Waals surface area contributed by atoms with Crippen molar-refractivity contribution in [1.82, 2.24) is 9.88 Å². The number of carbonyl (C=O) groups is 1. The normalized spacial score (nSPS) is 18.1. The summed E-state index contributed by atoms with van der Waals surface area (Å²) in [6.07, 6.45) is -2.77. The predicted octanol–water partition coefficient (Wildman–Crippen LogP) is 3.41. The van der Waals surface area contributed by atoms with E-state index < -0.39 is 11.7 Å². The van der Waals surface area contributed by atoms with Gasteiger partial charge in [-0.3, -0.25) is 9.69 Å². The molecule has 7 nitrogen and oxygen atoms in total. The monoisotopic (exact) mass is 450 g/mol. The van der Waals surface area contributed by atoms with Crippen molar-refractivity contribution < 1.29 is 27.4 Å². The fraction of sp³-hybridized carbons (Fsp3) is 0.455. The van der Waals surface area contributed by atoms with Gasteiger partial charge in [0.1, 0.15) is 19.0 Å². The zero-order chi connectivity index (χ0) is 22.7. The first kappa shape index (κ1) is 22.2. The Morgan fingerprint density at radius 3 is 2.56 bits per heavy atom. The van der Waals surface area contributed by atoms with Gasteiger partial charge in [0, 0.05) is 44.1 Å². The summed E-state index contributed by atoms with van der Waals surface area (Å²) in [6.45, 7) is 5.35. The van der Waals surface area contributed by atoms with Gasteiger partial charge >= 0.3 is 6.18 Å². The Hall–Kier alpha value is -3.01. The summed E-state index contributed by atoms with van der Waals surface area (Å²) in [5.41, 5.74) is -0.126. The first-order valence-electron chi connectivity index (χ1n) is 10.5. The molecule has 3 heterocycles. The molecule has 2 aliphatic rings. The lowest BCUT2D eigenvalue weighted by atomic mass is 10.2. The summed E-state index contributed by atoms with van der Waals surface area (Å²) in [4.78, 5) is 20.8. The highest BCUT2D eigenvalue weighted by Gasteiger charge is 2.31. The van der Waals surface area contributed by atoms with E-state index in [1.54, 1.807) is 18.2 Å². The Bertz CT molecular complexity index is 952. The molecule has 10 heteroatoms. The molecule has 1 aromatic heterocycles. The molecule has 1 N–H and O–H groups in total. The lowest BCUT2D eigenvalue weighted by Gasteiger charge is -2.27. The number of aromatic nitrogens is 1. The van der Waals surface area contributed by atoms with Crippen molar-refractivity contribution in [1.29, 1.82) is 0 Å². The molecule has 0 radical (unpaired) electrons. The average molecular weight is 450 g/mol. The number of halogens is 3. The first-order valence-corrected chi connectivity index (χ1v) is 10.5. The van der Waals surface area contributed by atoms with Crippen LogP contribution in [0.15, 0.2) is 36.5 Å². The van der Waals surface area contributed by atoms with Crippen molar-refractivity contribution in [2.45, 2.75) is 25.6 Å². The van der Waals surface area contributed by atoms with Gasteiger partial charge in [-0.2, -0.15) is 13.2 Å². The molecule has 0 spiro atoms. The van der Waals surface area contributed by atoms with Gasteiger partial charge in [-0.1, -0.05) is 0 Å². The highest BCUT2D eigenvalue weighted by Crippen LogP contribution is 2.33. The molecule has 172 valence electrons. The van der Waals surface area contributed by atoms with Crippen LogP contribution in [-0.2, 0) is 11.0 Å². The van der Waals surface area contributed by atoms with Crippen molar-refractivity contribution in [3.63, 3.8) is 0 Å². The maximum atomic E-state index is 12.8. The number of alkyl halides is 3. The molecule has 0 saturated carbocycles. The standard InChI is InChI=1S/C22H25F3N4O3/c1-15(21(30)27-17-4-5-18-19(13-17)32-12-11-31-18)28-7-2-8-29(10-9-28)20-6-3-16(14-26-20)22(23,24)25/h3-6,13-15H,2,7-12H2,1H3,(H,27,30). The van der Waals surface area contributed by atoms with Crippen LogP contribution in [-0.4, -0.2) is 61.2 Å². The van der Waals surface area contributed by atoms with Gasteiger partial charge in [0.25, 0.3) is 0 Å². The van der Waals surface area contributed by atoms with Crippen molar-refractivity contribution in [3.8, 4) is 11.5 Å². The largest absolute Gasteiger partial charge is 0.486 e. The van der Waals surface area contributed by atoms with Crippen molar-refractivity contribution in [2.75, 3.05) is 49.6 Å². The van der Waals surface area contributed by atoms with E-state index >= 15 is 0 Å². The predicted molar refractivity (Wildman–Crippen MR) is 113 cm³/mol. The van der Waals surface area contributed by atoms with Crippen LogP contribution in [0.3, 0.4) is 0 Å². The molecule has 2 aliphatic heterocycles. The van der Waals surface area contributed by atoms with E-state index in [-0.39, 0.29) is 11.9 Å². The van der Waals surface area contributed by atoms with E-state index in [1.807, 2.05) is 11.8 Å². The van der Waals surface area contributed by atoms with E-state index in [1.165, 1.54) is 6.07 Å². The molecule has 2 aromatic rings. The van der Waals surface area contributed by atoms with Gasteiger partial charge in [-0.15, -0.1) is 0 Å². The second kappa shape index (κ2) is 9.23. The quantitative estimate of drug-likeness (QED) is 0.770. The van der Waals surface area contributed by atoms with Crippen LogP contribution in [0, 0.1) is 0 Å². The fourth-order valence-electron chi connectivity index (χ4n) is 3.83. The topological polar surface area (TPSA) is 66.9 Å². The Balaban J connectivity index is 1.35. The molecule has 1 saturated heterocycles. The number of carbonyl (C=O) groups excluding carboxylic acids is 1. The number of anilines is 2. The Labute approximate surface area is 184 Å². The molecular formula is C22H25F3N4O3. The number of benzene rings is 1. The number of fused-ring (bicyclic) bond motifs is 1. The number of hydrogen-bond donors (Lipinski definition) is 1. The molecule has 1 amide bonds. The van der Waals surface area contributed by atoms with Crippen LogP contribution in [0.2, 0.25) is 0 Å². The maximum absolute atomic E-state index is 12.8. The van der Waals surface area contributed by atoms with E-state index in [9.17, 15) is 18.0 Å². The number of nitrogens with one attached hydrogen (secondary N) is 1. The third-order valence-corrected chi connectivity index (χ3v) is 5.67. The van der Waals surface area contributed by atoms with Gasteiger partial charge in [0.05, 0.1) is 11.6 Å². The van der Waals surface area contributed by atoms with Crippen LogP contribution in [0.5, 0.6) is 11.5 Å². The highest BCUT2D eigenvalue weighted by molar-refractivity contribution is 5.94. The average Bonchev–Trinajstić information content (AvgIpc) is 3.04. The molecular weight excluding hydrogens is 425 g/mol.